The van der Waals surface area contributed by atoms with Gasteiger partial charge in [0.2, 0.25) is 0 Å². The number of halogens is 1. The van der Waals surface area contributed by atoms with E-state index >= 15 is 0 Å². The third kappa shape index (κ3) is 10.0. The van der Waals surface area contributed by atoms with Gasteiger partial charge in [-0.05, 0) is 66.8 Å². The van der Waals surface area contributed by atoms with Gasteiger partial charge in [0.15, 0.2) is 0 Å². The quantitative estimate of drug-likeness (QED) is 0.113. The van der Waals surface area contributed by atoms with Crippen molar-refractivity contribution in [2.45, 2.75) is 52.5 Å². The lowest BCUT2D eigenvalue weighted by Gasteiger charge is -2.37. The van der Waals surface area contributed by atoms with Crippen LogP contribution in [0, 0.1) is 25.2 Å². The molecule has 1 aromatic heterocycles. The zero-order valence-corrected chi connectivity index (χ0v) is 31.5. The molecule has 0 saturated carbocycles. The lowest BCUT2D eigenvalue weighted by Crippen LogP contribution is -2.58. The Hall–Kier alpha value is -4.70. The number of aliphatic hydroxyl groups excluding tert-OH is 1. The summed E-state index contributed by atoms with van der Waals surface area (Å²) in [6.45, 7) is 10.5. The molecule has 1 saturated heterocycles. The number of pyridine rings is 1. The number of carboxylic acid groups (broad SMARTS) is 1. The topological polar surface area (TPSA) is 146 Å². The highest BCUT2D eigenvalue weighted by Crippen LogP contribution is 2.36. The van der Waals surface area contributed by atoms with Gasteiger partial charge in [0.05, 0.1) is 62.1 Å². The van der Waals surface area contributed by atoms with Crippen LogP contribution in [0.25, 0.3) is 11.1 Å². The summed E-state index contributed by atoms with van der Waals surface area (Å²) >= 11 is 6.73. The van der Waals surface area contributed by atoms with Gasteiger partial charge in [-0.2, -0.15) is 5.26 Å². The zero-order valence-electron chi connectivity index (χ0n) is 30.7. The van der Waals surface area contributed by atoms with Crippen LogP contribution in [0.3, 0.4) is 0 Å². The number of hydrogen-bond donors (Lipinski definition) is 2. The number of carbonyl (C=O) groups excluding carboxylic acids is 1. The number of carboxylic acids is 1. The van der Waals surface area contributed by atoms with Gasteiger partial charge in [-0.1, -0.05) is 41.9 Å². The Bertz CT molecular complexity index is 1940. The molecule has 2 heterocycles. The third-order valence-corrected chi connectivity index (χ3v) is 10.2. The average Bonchev–Trinajstić information content (AvgIpc) is 3.16. The molecule has 0 radical (unpaired) electrons. The molecule has 12 heteroatoms. The number of aromatic nitrogens is 1. The number of nitriles is 1. The number of rotatable bonds is 17. The van der Waals surface area contributed by atoms with Crippen LogP contribution in [0.2, 0.25) is 5.02 Å². The van der Waals surface area contributed by atoms with Crippen molar-refractivity contribution < 1.29 is 38.4 Å². The maximum Gasteiger partial charge on any atom is 0.142 e. The smallest absolute Gasteiger partial charge is 0.142 e. The maximum atomic E-state index is 11.7. The van der Waals surface area contributed by atoms with Crippen LogP contribution in [0.1, 0.15) is 46.7 Å². The number of benzene rings is 3. The van der Waals surface area contributed by atoms with E-state index in [-0.39, 0.29) is 19.8 Å². The minimum Gasteiger partial charge on any atom is -0.548 e. The Morgan fingerprint density at radius 3 is 2.43 bits per heavy atom. The molecule has 1 fully saturated rings. The predicted molar refractivity (Wildman–Crippen MR) is 199 cm³/mol. The molecule has 1 aliphatic rings. The van der Waals surface area contributed by atoms with Gasteiger partial charge in [-0.3, -0.25) is 4.98 Å². The number of ether oxygens (including phenoxy) is 4. The number of aliphatic hydroxyl groups is 1. The molecule has 1 atom stereocenters. The van der Waals surface area contributed by atoms with Gasteiger partial charge in [0.25, 0.3) is 0 Å². The van der Waals surface area contributed by atoms with Crippen molar-refractivity contribution >= 4 is 17.6 Å². The van der Waals surface area contributed by atoms with Crippen LogP contribution in [-0.4, -0.2) is 79.2 Å². The number of morpholine rings is 1. The van der Waals surface area contributed by atoms with Gasteiger partial charge in [0, 0.05) is 42.6 Å². The monoisotopic (exact) mass is 742 g/mol. The number of likely N-dealkylation sites (N-methyl/N-ethyl adjacent to an activating group) is 1. The van der Waals surface area contributed by atoms with Crippen LogP contribution < -0.4 is 24.6 Å². The van der Waals surface area contributed by atoms with E-state index in [0.29, 0.717) is 39.8 Å². The summed E-state index contributed by atoms with van der Waals surface area (Å²) in [5.41, 5.74) is 5.14. The molecule has 11 nitrogen and oxygen atoms in total. The molecular weight excluding hydrogens is 696 g/mol. The zero-order chi connectivity index (χ0) is 38.0. The molecule has 0 amide bonds. The van der Waals surface area contributed by atoms with E-state index in [9.17, 15) is 20.3 Å². The lowest BCUT2D eigenvalue weighted by atomic mass is 9.93. The van der Waals surface area contributed by atoms with Crippen molar-refractivity contribution in [1.29, 1.82) is 5.26 Å². The van der Waals surface area contributed by atoms with Crippen LogP contribution in [0.15, 0.2) is 67.0 Å². The fourth-order valence-corrected chi connectivity index (χ4v) is 6.46. The van der Waals surface area contributed by atoms with Crippen molar-refractivity contribution in [2.24, 2.45) is 0 Å². The molecule has 0 spiro atoms. The average molecular weight is 743 g/mol. The number of hydrogen-bond acceptors (Lipinski definition) is 10. The van der Waals surface area contributed by atoms with E-state index in [2.05, 4.69) is 49.4 Å². The predicted octanol–water partition coefficient (Wildman–Crippen LogP) is 4.88. The maximum absolute atomic E-state index is 11.7. The summed E-state index contributed by atoms with van der Waals surface area (Å²) in [6, 6.07) is 19.3. The van der Waals surface area contributed by atoms with Crippen molar-refractivity contribution in [3.05, 3.63) is 105 Å². The van der Waals surface area contributed by atoms with Crippen LogP contribution in [-0.2, 0) is 29.3 Å². The molecule has 0 aliphatic carbocycles. The highest BCUT2D eigenvalue weighted by atomic mass is 35.5. The first kappa shape index (κ1) is 39.5. The van der Waals surface area contributed by atoms with E-state index in [1.165, 1.54) is 13.1 Å². The Labute approximate surface area is 316 Å². The van der Waals surface area contributed by atoms with Crippen LogP contribution in [0.5, 0.6) is 17.2 Å². The number of quaternary nitrogens is 1. The second-order valence-electron chi connectivity index (χ2n) is 13.9. The van der Waals surface area contributed by atoms with Crippen molar-refractivity contribution in [3.8, 4) is 34.4 Å². The van der Waals surface area contributed by atoms with Crippen molar-refractivity contribution in [2.75, 3.05) is 53.1 Å². The van der Waals surface area contributed by atoms with E-state index in [0.717, 1.165) is 77.3 Å². The van der Waals surface area contributed by atoms with Gasteiger partial charge in [-0.15, -0.1) is 0 Å². The normalized spacial score (nSPS) is 14.9. The van der Waals surface area contributed by atoms with Crippen LogP contribution in [0.4, 0.5) is 0 Å². The minimum atomic E-state index is -1.70. The highest BCUT2D eigenvalue weighted by molar-refractivity contribution is 6.32. The van der Waals surface area contributed by atoms with Gasteiger partial charge < -0.3 is 43.8 Å². The first-order valence-electron chi connectivity index (χ1n) is 17.7. The van der Waals surface area contributed by atoms with E-state index in [4.69, 9.17) is 30.5 Å². The van der Waals surface area contributed by atoms with Gasteiger partial charge in [-0.25, -0.2) is 0 Å². The molecule has 4 aromatic rings. The second-order valence-corrected chi connectivity index (χ2v) is 14.3. The first-order chi connectivity index (χ1) is 25.4. The summed E-state index contributed by atoms with van der Waals surface area (Å²) < 4.78 is 25.3. The summed E-state index contributed by atoms with van der Waals surface area (Å²) in [6.07, 6.45) is 4.02. The van der Waals surface area contributed by atoms with Crippen LogP contribution >= 0.6 is 11.6 Å². The number of aliphatic carboxylic acids is 1. The molecule has 2 N–H and O–H groups in total. The molecule has 0 bridgehead atoms. The fraction of sp³-hybridized carbons (Fsp3) is 0.390. The highest BCUT2D eigenvalue weighted by Gasteiger charge is 2.26. The first-order valence-corrected chi connectivity index (χ1v) is 18.0. The molecule has 0 unspecified atom stereocenters. The van der Waals surface area contributed by atoms with Crippen molar-refractivity contribution in [3.63, 3.8) is 0 Å². The molecule has 3 aromatic carbocycles. The van der Waals surface area contributed by atoms with E-state index < -0.39 is 18.1 Å². The molecule has 5 rings (SSSR count). The Balaban J connectivity index is 1.32. The fourth-order valence-electron chi connectivity index (χ4n) is 6.22. The third-order valence-electron chi connectivity index (χ3n) is 9.92. The van der Waals surface area contributed by atoms with Gasteiger partial charge >= 0.3 is 0 Å². The Morgan fingerprint density at radius 1 is 1.00 bits per heavy atom. The number of nitrogens with one attached hydrogen (secondary N) is 1. The summed E-state index contributed by atoms with van der Waals surface area (Å²) in [7, 11) is 2.29. The summed E-state index contributed by atoms with van der Waals surface area (Å²) in [4.78, 5) is 15.8. The lowest BCUT2D eigenvalue weighted by molar-refractivity contribution is -0.917. The largest absolute Gasteiger partial charge is 0.548 e. The summed E-state index contributed by atoms with van der Waals surface area (Å²) in [5.74, 6) is 0.159. The molecule has 1 aliphatic heterocycles. The molecule has 280 valence electrons. The molecular formula is C41H47ClN4O7. The SMILES string of the molecule is Cc1c(COc2cc(OCc3cncc(C#N)c3)c(CN[C@](C)(CO)C(=O)[O-])cc2Cl)cccc1-c1cccc(OCCC[N+]2(C)CCOCC2)c1C. The van der Waals surface area contributed by atoms with Gasteiger partial charge in [0.1, 0.15) is 49.6 Å². The van der Waals surface area contributed by atoms with E-state index in [1.54, 1.807) is 24.4 Å². The Kier molecular flexibility index (Phi) is 13.3. The minimum absolute atomic E-state index is 0.00578. The summed E-state index contributed by atoms with van der Waals surface area (Å²) in [5, 5.41) is 33.8. The molecule has 53 heavy (non-hydrogen) atoms. The van der Waals surface area contributed by atoms with Crippen molar-refractivity contribution in [1.82, 2.24) is 10.3 Å². The Morgan fingerprint density at radius 2 is 1.72 bits per heavy atom. The number of nitrogens with zero attached hydrogens (tertiary/aromatic N) is 3. The van der Waals surface area contributed by atoms with E-state index in [1.807, 2.05) is 24.3 Å². The standard InChI is InChI=1S/C41H47ClN4O7/c1-28-32(8-5-9-34(28)35-10-6-11-37(29(35)2)51-15-7-12-46(4)13-16-50-17-14-46)26-53-39-20-38(52-25-31-18-30(21-43)22-44-23-31)33(19-36(39)42)24-45-41(3,27-47)40(48)49/h5-6,8-11,18-20,22-23,45,47H,7,12-17,24-27H2,1-4H3/t41-/m1/s1. The number of carbonyl (C=O) groups is 1. The second kappa shape index (κ2) is 17.9.